The van der Waals surface area contributed by atoms with Crippen LogP contribution in [0.3, 0.4) is 0 Å². The second kappa shape index (κ2) is 9.51. The molecule has 2 aromatic carbocycles. The zero-order valence-electron chi connectivity index (χ0n) is 16.7. The minimum Gasteiger partial charge on any atom is -0.350 e. The molecule has 5 nitrogen and oxygen atoms in total. The SMILES string of the molecule is CN(C)C(CNC(=O)c1ccc(N2CCCCC2=O)cc1)Cc1ccccc1. The average Bonchev–Trinajstić information content (AvgIpc) is 2.72. The molecule has 2 aromatic rings. The summed E-state index contributed by atoms with van der Waals surface area (Å²) in [6.45, 7) is 1.33. The van der Waals surface area contributed by atoms with Crippen LogP contribution in [0.15, 0.2) is 54.6 Å². The standard InChI is InChI=1S/C23H29N3O2/c1-25(2)21(16-18-8-4-3-5-9-18)17-24-23(28)19-11-13-20(14-12-19)26-15-7-6-10-22(26)27/h3-5,8-9,11-14,21H,6-7,10,15-17H2,1-2H3,(H,24,28). The topological polar surface area (TPSA) is 52.7 Å². The van der Waals surface area contributed by atoms with Gasteiger partial charge in [0.2, 0.25) is 5.91 Å². The van der Waals surface area contributed by atoms with Gasteiger partial charge in [-0.1, -0.05) is 30.3 Å². The highest BCUT2D eigenvalue weighted by molar-refractivity contribution is 5.96. The molecule has 3 rings (SSSR count). The Labute approximate surface area is 167 Å². The number of amides is 2. The van der Waals surface area contributed by atoms with Gasteiger partial charge in [0.25, 0.3) is 5.91 Å². The molecular formula is C23H29N3O2. The van der Waals surface area contributed by atoms with Crippen LogP contribution < -0.4 is 10.2 Å². The Bertz CT molecular complexity index is 787. The summed E-state index contributed by atoms with van der Waals surface area (Å²) in [5.41, 5.74) is 2.74. The van der Waals surface area contributed by atoms with Crippen LogP contribution in [-0.4, -0.2) is 49.9 Å². The molecule has 0 aromatic heterocycles. The van der Waals surface area contributed by atoms with Crippen LogP contribution in [0.25, 0.3) is 0 Å². The highest BCUT2D eigenvalue weighted by atomic mass is 16.2. The lowest BCUT2D eigenvalue weighted by Crippen LogP contribution is -2.41. The number of hydrogen-bond donors (Lipinski definition) is 1. The Morgan fingerprint density at radius 3 is 2.43 bits per heavy atom. The van der Waals surface area contributed by atoms with Crippen LogP contribution in [0.4, 0.5) is 5.69 Å². The number of nitrogens with zero attached hydrogens (tertiary/aromatic N) is 2. The van der Waals surface area contributed by atoms with E-state index in [0.717, 1.165) is 31.5 Å². The number of anilines is 1. The van der Waals surface area contributed by atoms with Crippen molar-refractivity contribution in [3.63, 3.8) is 0 Å². The van der Waals surface area contributed by atoms with Gasteiger partial charge in [-0.2, -0.15) is 0 Å². The van der Waals surface area contributed by atoms with E-state index < -0.39 is 0 Å². The van der Waals surface area contributed by atoms with Crippen molar-refractivity contribution in [3.8, 4) is 0 Å². The number of piperidine rings is 1. The van der Waals surface area contributed by atoms with Crippen LogP contribution in [-0.2, 0) is 11.2 Å². The van der Waals surface area contributed by atoms with Crippen molar-refractivity contribution >= 4 is 17.5 Å². The number of likely N-dealkylation sites (N-methyl/N-ethyl adjacent to an activating group) is 1. The minimum absolute atomic E-state index is 0.0866. The predicted octanol–water partition coefficient (Wildman–Crippen LogP) is 3.11. The maximum Gasteiger partial charge on any atom is 0.251 e. The van der Waals surface area contributed by atoms with Gasteiger partial charge in [0.05, 0.1) is 0 Å². The molecule has 28 heavy (non-hydrogen) atoms. The van der Waals surface area contributed by atoms with Gasteiger partial charge in [-0.05, 0) is 63.2 Å². The van der Waals surface area contributed by atoms with Gasteiger partial charge in [0.15, 0.2) is 0 Å². The van der Waals surface area contributed by atoms with E-state index in [1.54, 1.807) is 12.1 Å². The number of benzene rings is 2. The van der Waals surface area contributed by atoms with Gasteiger partial charge in [0, 0.05) is 36.8 Å². The normalized spacial score (nSPS) is 15.5. The molecule has 1 saturated heterocycles. The monoisotopic (exact) mass is 379 g/mol. The van der Waals surface area contributed by atoms with Gasteiger partial charge < -0.3 is 15.1 Å². The van der Waals surface area contributed by atoms with Crippen molar-refractivity contribution in [1.82, 2.24) is 10.2 Å². The van der Waals surface area contributed by atoms with Gasteiger partial charge >= 0.3 is 0 Å². The van der Waals surface area contributed by atoms with Crippen LogP contribution in [0.2, 0.25) is 0 Å². The highest BCUT2D eigenvalue weighted by Crippen LogP contribution is 2.21. The molecule has 5 heteroatoms. The van der Waals surface area contributed by atoms with Crippen molar-refractivity contribution in [2.24, 2.45) is 0 Å². The summed E-state index contributed by atoms with van der Waals surface area (Å²) in [5.74, 6) is 0.0784. The molecule has 148 valence electrons. The second-order valence-corrected chi connectivity index (χ2v) is 7.57. The van der Waals surface area contributed by atoms with E-state index in [4.69, 9.17) is 0 Å². The molecule has 1 N–H and O–H groups in total. The van der Waals surface area contributed by atoms with Crippen molar-refractivity contribution in [3.05, 3.63) is 65.7 Å². The molecule has 1 aliphatic rings. The van der Waals surface area contributed by atoms with Crippen LogP contribution >= 0.6 is 0 Å². The number of carbonyl (C=O) groups is 2. The Kier molecular flexibility index (Phi) is 6.82. The van der Waals surface area contributed by atoms with Crippen molar-refractivity contribution in [1.29, 1.82) is 0 Å². The van der Waals surface area contributed by atoms with Gasteiger partial charge in [-0.3, -0.25) is 9.59 Å². The van der Waals surface area contributed by atoms with E-state index in [2.05, 4.69) is 22.3 Å². The third-order valence-corrected chi connectivity index (χ3v) is 5.31. The quantitative estimate of drug-likeness (QED) is 0.804. The Hall–Kier alpha value is -2.66. The lowest BCUT2D eigenvalue weighted by atomic mass is 10.0. The Balaban J connectivity index is 1.58. The molecule has 0 saturated carbocycles. The van der Waals surface area contributed by atoms with Crippen LogP contribution in [0, 0.1) is 0 Å². The van der Waals surface area contributed by atoms with E-state index in [9.17, 15) is 9.59 Å². The number of carbonyl (C=O) groups excluding carboxylic acids is 2. The highest BCUT2D eigenvalue weighted by Gasteiger charge is 2.20. The van der Waals surface area contributed by atoms with E-state index in [1.807, 2.05) is 49.3 Å². The lowest BCUT2D eigenvalue weighted by molar-refractivity contribution is -0.119. The average molecular weight is 380 g/mol. The summed E-state index contributed by atoms with van der Waals surface area (Å²) >= 11 is 0. The summed E-state index contributed by atoms with van der Waals surface area (Å²) in [4.78, 5) is 28.6. The summed E-state index contributed by atoms with van der Waals surface area (Å²) in [6.07, 6.45) is 3.48. The summed E-state index contributed by atoms with van der Waals surface area (Å²) in [6, 6.07) is 17.9. The van der Waals surface area contributed by atoms with Crippen LogP contribution in [0.5, 0.6) is 0 Å². The molecule has 0 bridgehead atoms. The first-order valence-electron chi connectivity index (χ1n) is 9.93. The maximum absolute atomic E-state index is 12.6. The zero-order valence-corrected chi connectivity index (χ0v) is 16.7. The molecule has 1 unspecified atom stereocenters. The first kappa shape index (κ1) is 20.1. The first-order chi connectivity index (χ1) is 13.5. The fourth-order valence-electron chi connectivity index (χ4n) is 3.51. The first-order valence-corrected chi connectivity index (χ1v) is 9.93. The Morgan fingerprint density at radius 1 is 1.07 bits per heavy atom. The van der Waals surface area contributed by atoms with Gasteiger partial charge in [-0.15, -0.1) is 0 Å². The molecule has 0 aliphatic carbocycles. The molecular weight excluding hydrogens is 350 g/mol. The summed E-state index contributed by atoms with van der Waals surface area (Å²) in [7, 11) is 4.06. The van der Waals surface area contributed by atoms with E-state index in [-0.39, 0.29) is 17.9 Å². The summed E-state index contributed by atoms with van der Waals surface area (Å²) in [5, 5.41) is 3.05. The number of rotatable bonds is 7. The smallest absolute Gasteiger partial charge is 0.251 e. The molecule has 2 amide bonds. The summed E-state index contributed by atoms with van der Waals surface area (Å²) < 4.78 is 0. The van der Waals surface area contributed by atoms with Crippen molar-refractivity contribution in [2.45, 2.75) is 31.7 Å². The minimum atomic E-state index is -0.0866. The number of nitrogens with one attached hydrogen (secondary N) is 1. The van der Waals surface area contributed by atoms with E-state index >= 15 is 0 Å². The van der Waals surface area contributed by atoms with Crippen molar-refractivity contribution < 1.29 is 9.59 Å². The lowest BCUT2D eigenvalue weighted by Gasteiger charge is -2.27. The van der Waals surface area contributed by atoms with Crippen molar-refractivity contribution in [2.75, 3.05) is 32.1 Å². The fraction of sp³-hybridized carbons (Fsp3) is 0.391. The van der Waals surface area contributed by atoms with E-state index in [1.165, 1.54) is 5.56 Å². The molecule has 0 spiro atoms. The molecule has 0 radical (unpaired) electrons. The van der Waals surface area contributed by atoms with Crippen LogP contribution in [0.1, 0.15) is 35.2 Å². The maximum atomic E-state index is 12.6. The van der Waals surface area contributed by atoms with Gasteiger partial charge in [-0.25, -0.2) is 0 Å². The number of hydrogen-bond acceptors (Lipinski definition) is 3. The zero-order chi connectivity index (χ0) is 19.9. The predicted molar refractivity (Wildman–Crippen MR) is 113 cm³/mol. The molecule has 1 atom stereocenters. The molecule has 1 aliphatic heterocycles. The van der Waals surface area contributed by atoms with Gasteiger partial charge in [0.1, 0.15) is 0 Å². The third kappa shape index (κ3) is 5.20. The fourth-order valence-corrected chi connectivity index (χ4v) is 3.51. The Morgan fingerprint density at radius 2 is 1.79 bits per heavy atom. The second-order valence-electron chi connectivity index (χ2n) is 7.57. The largest absolute Gasteiger partial charge is 0.350 e. The third-order valence-electron chi connectivity index (χ3n) is 5.31. The molecule has 1 fully saturated rings. The van der Waals surface area contributed by atoms with E-state index in [0.29, 0.717) is 18.5 Å². The molecule has 1 heterocycles.